The van der Waals surface area contributed by atoms with Crippen LogP contribution >= 0.6 is 0 Å². The summed E-state index contributed by atoms with van der Waals surface area (Å²) in [5.74, 6) is -0.151. The fourth-order valence-electron chi connectivity index (χ4n) is 2.88. The summed E-state index contributed by atoms with van der Waals surface area (Å²) in [4.78, 5) is 0. The van der Waals surface area contributed by atoms with E-state index in [1.807, 2.05) is 0 Å². The Morgan fingerprint density at radius 2 is 1.94 bits per heavy atom. The van der Waals surface area contributed by atoms with Crippen molar-refractivity contribution in [3.63, 3.8) is 0 Å². The molecular weight excluding hydrogens is 220 g/mol. The second-order valence-corrected chi connectivity index (χ2v) is 5.01. The molecule has 1 aliphatic carbocycles. The average molecular weight is 239 g/mol. The Morgan fingerprint density at radius 3 is 2.47 bits per heavy atom. The molecule has 1 nitrogen and oxygen atoms in total. The summed E-state index contributed by atoms with van der Waals surface area (Å²) < 4.78 is 27.2. The monoisotopic (exact) mass is 239 g/mol. The molecule has 1 aromatic carbocycles. The quantitative estimate of drug-likeness (QED) is 0.853. The third-order valence-corrected chi connectivity index (χ3v) is 4.00. The van der Waals surface area contributed by atoms with Gasteiger partial charge in [-0.2, -0.15) is 0 Å². The molecule has 0 aromatic heterocycles. The number of halogens is 2. The molecule has 0 saturated heterocycles. The average Bonchev–Trinajstić information content (AvgIpc) is 2.77. The largest absolute Gasteiger partial charge is 0.324 e. The van der Waals surface area contributed by atoms with Crippen LogP contribution in [-0.4, -0.2) is 0 Å². The number of benzene rings is 1. The lowest BCUT2D eigenvalue weighted by Gasteiger charge is -2.20. The molecule has 2 N–H and O–H groups in total. The van der Waals surface area contributed by atoms with Crippen molar-refractivity contribution in [3.05, 3.63) is 35.4 Å². The van der Waals surface area contributed by atoms with E-state index in [-0.39, 0.29) is 11.5 Å². The highest BCUT2D eigenvalue weighted by Gasteiger charge is 2.31. The molecule has 94 valence electrons. The zero-order chi connectivity index (χ0) is 12.4. The maximum absolute atomic E-state index is 13.6. The fourth-order valence-corrected chi connectivity index (χ4v) is 2.88. The molecule has 1 saturated carbocycles. The minimum Gasteiger partial charge on any atom is -0.324 e. The molecule has 0 aliphatic heterocycles. The van der Waals surface area contributed by atoms with Gasteiger partial charge in [0.15, 0.2) is 0 Å². The Labute approximate surface area is 101 Å². The van der Waals surface area contributed by atoms with E-state index in [4.69, 9.17) is 5.73 Å². The standard InChI is InChI=1S/C14H19F2N/c1-2-9-6-7-10(8-9)14(17)13-11(15)4-3-5-12(13)16/h3-5,9-10,14H,2,6-8,17H2,1H3. The molecule has 0 spiro atoms. The van der Waals surface area contributed by atoms with Gasteiger partial charge in [0.2, 0.25) is 0 Å². The molecule has 3 unspecified atom stereocenters. The SMILES string of the molecule is CCC1CCC(C(N)c2c(F)cccc2F)C1. The number of nitrogens with two attached hydrogens (primary N) is 1. The van der Waals surface area contributed by atoms with Crippen molar-refractivity contribution in [3.8, 4) is 0 Å². The highest BCUT2D eigenvalue weighted by atomic mass is 19.1. The Morgan fingerprint density at radius 1 is 1.29 bits per heavy atom. The van der Waals surface area contributed by atoms with E-state index < -0.39 is 17.7 Å². The molecule has 1 fully saturated rings. The van der Waals surface area contributed by atoms with Crippen LogP contribution in [0.4, 0.5) is 8.78 Å². The van der Waals surface area contributed by atoms with E-state index >= 15 is 0 Å². The van der Waals surface area contributed by atoms with Gasteiger partial charge < -0.3 is 5.73 Å². The minimum absolute atomic E-state index is 0.0641. The van der Waals surface area contributed by atoms with E-state index in [0.717, 1.165) is 25.7 Å². The summed E-state index contributed by atoms with van der Waals surface area (Å²) in [6, 6.07) is 3.44. The van der Waals surface area contributed by atoms with Crippen LogP contribution in [0.1, 0.15) is 44.2 Å². The summed E-state index contributed by atoms with van der Waals surface area (Å²) in [5, 5.41) is 0. The molecule has 17 heavy (non-hydrogen) atoms. The predicted octanol–water partition coefficient (Wildman–Crippen LogP) is 3.79. The molecule has 0 heterocycles. The summed E-state index contributed by atoms with van der Waals surface area (Å²) in [6.45, 7) is 2.16. The second kappa shape index (κ2) is 5.13. The molecule has 2 rings (SSSR count). The van der Waals surface area contributed by atoms with E-state index in [0.29, 0.717) is 5.92 Å². The number of rotatable bonds is 3. The van der Waals surface area contributed by atoms with Crippen molar-refractivity contribution >= 4 is 0 Å². The van der Waals surface area contributed by atoms with Crippen LogP contribution < -0.4 is 5.73 Å². The number of hydrogen-bond donors (Lipinski definition) is 1. The first kappa shape index (κ1) is 12.5. The topological polar surface area (TPSA) is 26.0 Å². The Bertz CT molecular complexity index is 372. The van der Waals surface area contributed by atoms with Gasteiger partial charge in [-0.3, -0.25) is 0 Å². The van der Waals surface area contributed by atoms with Crippen molar-refractivity contribution < 1.29 is 8.78 Å². The lowest BCUT2D eigenvalue weighted by molar-refractivity contribution is 0.392. The van der Waals surface area contributed by atoms with Crippen LogP contribution in [-0.2, 0) is 0 Å². The van der Waals surface area contributed by atoms with Crippen LogP contribution in [0.15, 0.2) is 18.2 Å². The second-order valence-electron chi connectivity index (χ2n) is 5.01. The fraction of sp³-hybridized carbons (Fsp3) is 0.571. The number of hydrogen-bond acceptors (Lipinski definition) is 1. The first-order valence-electron chi connectivity index (χ1n) is 6.33. The van der Waals surface area contributed by atoms with Gasteiger partial charge >= 0.3 is 0 Å². The maximum atomic E-state index is 13.6. The smallest absolute Gasteiger partial charge is 0.130 e. The van der Waals surface area contributed by atoms with Crippen LogP contribution in [0.2, 0.25) is 0 Å². The molecule has 3 heteroatoms. The summed E-state index contributed by atoms with van der Waals surface area (Å²) in [6.07, 6.45) is 4.23. The maximum Gasteiger partial charge on any atom is 0.130 e. The van der Waals surface area contributed by atoms with Gasteiger partial charge in [-0.25, -0.2) is 8.78 Å². The Kier molecular flexibility index (Phi) is 3.77. The van der Waals surface area contributed by atoms with Crippen molar-refractivity contribution in [2.45, 2.75) is 38.6 Å². The van der Waals surface area contributed by atoms with Gasteiger partial charge in [-0.1, -0.05) is 25.8 Å². The van der Waals surface area contributed by atoms with Crippen molar-refractivity contribution in [2.24, 2.45) is 17.6 Å². The molecule has 1 aromatic rings. The van der Waals surface area contributed by atoms with E-state index in [1.54, 1.807) is 0 Å². The van der Waals surface area contributed by atoms with E-state index in [2.05, 4.69) is 6.92 Å². The van der Waals surface area contributed by atoms with Gasteiger partial charge in [0.25, 0.3) is 0 Å². The zero-order valence-electron chi connectivity index (χ0n) is 10.1. The van der Waals surface area contributed by atoms with Crippen LogP contribution in [0, 0.1) is 23.5 Å². The first-order valence-corrected chi connectivity index (χ1v) is 6.33. The Balaban J connectivity index is 2.17. The van der Waals surface area contributed by atoms with Gasteiger partial charge in [0.05, 0.1) is 0 Å². The van der Waals surface area contributed by atoms with Crippen molar-refractivity contribution in [2.75, 3.05) is 0 Å². The predicted molar refractivity (Wildman–Crippen MR) is 64.4 cm³/mol. The molecular formula is C14H19F2N. The van der Waals surface area contributed by atoms with Crippen molar-refractivity contribution in [1.82, 2.24) is 0 Å². The van der Waals surface area contributed by atoms with Crippen LogP contribution in [0.25, 0.3) is 0 Å². The van der Waals surface area contributed by atoms with Crippen LogP contribution in [0.5, 0.6) is 0 Å². The third kappa shape index (κ3) is 2.49. The highest BCUT2D eigenvalue weighted by Crippen LogP contribution is 2.40. The molecule has 0 radical (unpaired) electrons. The summed E-state index contributed by atoms with van der Waals surface area (Å²) in [7, 11) is 0. The first-order chi connectivity index (χ1) is 8.13. The lowest BCUT2D eigenvalue weighted by Crippen LogP contribution is -2.22. The van der Waals surface area contributed by atoms with Gasteiger partial charge in [-0.15, -0.1) is 0 Å². The summed E-state index contributed by atoms with van der Waals surface area (Å²) in [5.41, 5.74) is 6.10. The van der Waals surface area contributed by atoms with Crippen molar-refractivity contribution in [1.29, 1.82) is 0 Å². The molecule has 3 atom stereocenters. The zero-order valence-corrected chi connectivity index (χ0v) is 10.1. The highest BCUT2D eigenvalue weighted by molar-refractivity contribution is 5.24. The van der Waals surface area contributed by atoms with Gasteiger partial charge in [0, 0.05) is 11.6 Å². The summed E-state index contributed by atoms with van der Waals surface area (Å²) >= 11 is 0. The molecule has 0 amide bonds. The lowest BCUT2D eigenvalue weighted by atomic mass is 9.90. The van der Waals surface area contributed by atoms with Crippen LogP contribution in [0.3, 0.4) is 0 Å². The van der Waals surface area contributed by atoms with E-state index in [1.165, 1.54) is 18.2 Å². The minimum atomic E-state index is -0.516. The normalized spacial score (nSPS) is 26.1. The van der Waals surface area contributed by atoms with E-state index in [9.17, 15) is 8.78 Å². The third-order valence-electron chi connectivity index (χ3n) is 4.00. The Hall–Kier alpha value is -0.960. The molecule has 0 bridgehead atoms. The van der Waals surface area contributed by atoms with Gasteiger partial charge in [0.1, 0.15) is 11.6 Å². The van der Waals surface area contributed by atoms with Gasteiger partial charge in [-0.05, 0) is 36.8 Å². The molecule has 1 aliphatic rings.